The van der Waals surface area contributed by atoms with E-state index >= 15 is 0 Å². The first kappa shape index (κ1) is 35.1. The highest BCUT2D eigenvalue weighted by Crippen LogP contribution is 2.39. The second kappa shape index (κ2) is 16.5. The number of aromatic amines is 1. The number of nitrogens with zero attached hydrogens (tertiary/aromatic N) is 1. The van der Waals surface area contributed by atoms with Crippen LogP contribution in [0, 0.1) is 5.92 Å². The number of phenols is 1. The molecule has 42 heavy (non-hydrogen) atoms. The molecular formula is C34H48F3N3O2. The van der Waals surface area contributed by atoms with Gasteiger partial charge in [0.25, 0.3) is 5.56 Å². The van der Waals surface area contributed by atoms with Crippen molar-refractivity contribution in [2.75, 3.05) is 13.1 Å². The van der Waals surface area contributed by atoms with Crippen molar-refractivity contribution in [3.05, 3.63) is 64.0 Å². The molecule has 1 saturated heterocycles. The van der Waals surface area contributed by atoms with Gasteiger partial charge in [-0.2, -0.15) is 13.2 Å². The van der Waals surface area contributed by atoms with Gasteiger partial charge in [-0.05, 0) is 85.9 Å². The quantitative estimate of drug-likeness (QED) is 0.269. The van der Waals surface area contributed by atoms with Gasteiger partial charge >= 0.3 is 6.18 Å². The second-order valence-corrected chi connectivity index (χ2v) is 10.5. The van der Waals surface area contributed by atoms with Crippen LogP contribution in [-0.2, 0) is 6.42 Å². The molecule has 1 saturated carbocycles. The van der Waals surface area contributed by atoms with Gasteiger partial charge in [0.1, 0.15) is 11.4 Å². The molecule has 5 rings (SSSR count). The number of halogens is 3. The maximum absolute atomic E-state index is 12.7. The molecule has 0 spiro atoms. The molecule has 1 atom stereocenters. The average Bonchev–Trinajstić information content (AvgIpc) is 3.82. The summed E-state index contributed by atoms with van der Waals surface area (Å²) >= 11 is 0. The first-order valence-corrected chi connectivity index (χ1v) is 15.4. The minimum atomic E-state index is -3.96. The fourth-order valence-electron chi connectivity index (χ4n) is 4.96. The Morgan fingerprint density at radius 2 is 1.79 bits per heavy atom. The normalized spacial score (nSPS) is 16.3. The van der Waals surface area contributed by atoms with Gasteiger partial charge in [0.05, 0.1) is 5.69 Å². The standard InChI is InChI=1S/C27H31N3O2.C3H5F3.2C2H6/c1-16(2)20-13-22-21(19-6-4-12-28-15-19)14-23(29-26(22)30-27(20)32)25-18(5-3-7-24(25)31)11-10-17-8-9-17;1-2-3(4,5)6;2*1-2/h3,5,7,13-14,17,19,28,31H,1,4,6,8-12,15H2,2H3,(H,29,30,32);2H2,1H3;2*1-2H3. The van der Waals surface area contributed by atoms with E-state index < -0.39 is 12.6 Å². The molecule has 3 heterocycles. The van der Waals surface area contributed by atoms with Crippen LogP contribution in [0.1, 0.15) is 103 Å². The molecule has 3 N–H and O–H groups in total. The van der Waals surface area contributed by atoms with Crippen molar-refractivity contribution >= 4 is 16.6 Å². The fraction of sp³-hybridized carbons (Fsp3) is 0.529. The number of alkyl halides is 3. The monoisotopic (exact) mass is 587 g/mol. The molecule has 8 heteroatoms. The zero-order valence-electron chi connectivity index (χ0n) is 26.0. The van der Waals surface area contributed by atoms with E-state index in [9.17, 15) is 23.1 Å². The summed E-state index contributed by atoms with van der Waals surface area (Å²) in [5, 5.41) is 15.3. The Morgan fingerprint density at radius 3 is 2.33 bits per heavy atom. The van der Waals surface area contributed by atoms with Crippen molar-refractivity contribution in [3.63, 3.8) is 0 Å². The van der Waals surface area contributed by atoms with Gasteiger partial charge in [-0.25, -0.2) is 4.98 Å². The molecule has 2 aliphatic rings. The molecular weight excluding hydrogens is 539 g/mol. The van der Waals surface area contributed by atoms with E-state index in [4.69, 9.17) is 4.98 Å². The summed E-state index contributed by atoms with van der Waals surface area (Å²) in [7, 11) is 0. The highest BCUT2D eigenvalue weighted by atomic mass is 19.4. The molecule has 2 aromatic heterocycles. The zero-order chi connectivity index (χ0) is 31.4. The summed E-state index contributed by atoms with van der Waals surface area (Å²) in [6.45, 7) is 16.8. The summed E-state index contributed by atoms with van der Waals surface area (Å²) in [5.74, 6) is 1.40. The largest absolute Gasteiger partial charge is 0.507 e. The van der Waals surface area contributed by atoms with E-state index in [1.54, 1.807) is 6.07 Å². The lowest BCUT2D eigenvalue weighted by atomic mass is 9.87. The fourth-order valence-corrected chi connectivity index (χ4v) is 4.96. The molecule has 0 amide bonds. The third kappa shape index (κ3) is 9.72. The summed E-state index contributed by atoms with van der Waals surface area (Å²) in [6, 6.07) is 9.82. The minimum Gasteiger partial charge on any atom is -0.507 e. The lowest BCUT2D eigenvalue weighted by Crippen LogP contribution is -2.28. The Balaban J connectivity index is 0.000000543. The number of benzene rings is 1. The van der Waals surface area contributed by atoms with E-state index in [1.807, 2.05) is 46.8 Å². The maximum atomic E-state index is 12.7. The number of aromatic hydroxyl groups is 1. The van der Waals surface area contributed by atoms with Gasteiger partial charge in [0.15, 0.2) is 0 Å². The number of rotatable bonds is 6. The SMILES string of the molecule is C=C(C)c1cc2c(C3CCCNC3)cc(-c3c(O)cccc3CCC3CC3)nc2[nH]c1=O.CC.CC.CCC(F)(F)F. The van der Waals surface area contributed by atoms with Crippen LogP contribution >= 0.6 is 0 Å². The number of hydrogen-bond acceptors (Lipinski definition) is 4. The summed E-state index contributed by atoms with van der Waals surface area (Å²) < 4.78 is 32.4. The van der Waals surface area contributed by atoms with Crippen LogP contribution in [-0.4, -0.2) is 34.3 Å². The van der Waals surface area contributed by atoms with Crippen LogP contribution in [0.2, 0.25) is 0 Å². The van der Waals surface area contributed by atoms with Crippen molar-refractivity contribution < 1.29 is 18.3 Å². The number of H-pyrrole nitrogens is 1. The van der Waals surface area contributed by atoms with Gasteiger partial charge in [-0.1, -0.05) is 66.2 Å². The van der Waals surface area contributed by atoms with E-state index in [0.29, 0.717) is 17.1 Å². The van der Waals surface area contributed by atoms with Crippen molar-refractivity contribution in [2.45, 2.75) is 98.6 Å². The van der Waals surface area contributed by atoms with Crippen molar-refractivity contribution in [2.24, 2.45) is 5.92 Å². The Labute approximate surface area is 248 Å². The van der Waals surface area contributed by atoms with Gasteiger partial charge < -0.3 is 15.4 Å². The Bertz CT molecular complexity index is 1350. The predicted molar refractivity (Wildman–Crippen MR) is 169 cm³/mol. The van der Waals surface area contributed by atoms with Crippen LogP contribution in [0.25, 0.3) is 27.9 Å². The number of pyridine rings is 2. The molecule has 2 fully saturated rings. The van der Waals surface area contributed by atoms with E-state index in [0.717, 1.165) is 79.4 Å². The summed E-state index contributed by atoms with van der Waals surface area (Å²) in [4.78, 5) is 20.6. The number of phenolic OH excluding ortho intramolecular Hbond substituents is 1. The highest BCUT2D eigenvalue weighted by molar-refractivity contribution is 5.87. The molecule has 1 aliphatic carbocycles. The lowest BCUT2D eigenvalue weighted by Gasteiger charge is -2.25. The first-order chi connectivity index (χ1) is 20.1. The second-order valence-electron chi connectivity index (χ2n) is 10.5. The molecule has 3 aromatic rings. The van der Waals surface area contributed by atoms with E-state index in [2.05, 4.69) is 29.0 Å². The Morgan fingerprint density at radius 1 is 1.12 bits per heavy atom. The predicted octanol–water partition coefficient (Wildman–Crippen LogP) is 9.15. The summed E-state index contributed by atoms with van der Waals surface area (Å²) in [5.41, 5.74) is 5.58. The Hall–Kier alpha value is -3.13. The van der Waals surface area contributed by atoms with Gasteiger partial charge in [0.2, 0.25) is 0 Å². The molecule has 0 radical (unpaired) electrons. The molecule has 1 unspecified atom stereocenters. The third-order valence-corrected chi connectivity index (χ3v) is 7.36. The number of fused-ring (bicyclic) bond motifs is 1. The van der Waals surface area contributed by atoms with Crippen molar-refractivity contribution in [1.82, 2.24) is 15.3 Å². The lowest BCUT2D eigenvalue weighted by molar-refractivity contribution is -0.130. The van der Waals surface area contributed by atoms with Crippen molar-refractivity contribution in [1.29, 1.82) is 0 Å². The van der Waals surface area contributed by atoms with Crippen LogP contribution < -0.4 is 10.9 Å². The van der Waals surface area contributed by atoms with Gasteiger partial charge in [-0.3, -0.25) is 4.79 Å². The maximum Gasteiger partial charge on any atom is 0.388 e. The minimum absolute atomic E-state index is 0.173. The summed E-state index contributed by atoms with van der Waals surface area (Å²) in [6.07, 6.45) is 2.21. The van der Waals surface area contributed by atoms with Gasteiger partial charge in [0, 0.05) is 29.5 Å². The molecule has 0 bridgehead atoms. The van der Waals surface area contributed by atoms with E-state index in [-0.39, 0.29) is 11.3 Å². The molecule has 5 nitrogen and oxygen atoms in total. The van der Waals surface area contributed by atoms with Crippen LogP contribution in [0.4, 0.5) is 13.2 Å². The third-order valence-electron chi connectivity index (χ3n) is 7.36. The topological polar surface area (TPSA) is 78.0 Å². The number of aryl methyl sites for hydroxylation is 1. The number of aromatic nitrogens is 2. The smallest absolute Gasteiger partial charge is 0.388 e. The zero-order valence-corrected chi connectivity index (χ0v) is 26.0. The first-order valence-electron chi connectivity index (χ1n) is 15.4. The number of allylic oxidation sites excluding steroid dienone is 1. The van der Waals surface area contributed by atoms with Crippen molar-refractivity contribution in [3.8, 4) is 17.0 Å². The van der Waals surface area contributed by atoms with Crippen LogP contribution in [0.3, 0.4) is 0 Å². The average molecular weight is 588 g/mol. The number of hydrogen-bond donors (Lipinski definition) is 3. The van der Waals surface area contributed by atoms with Crippen LogP contribution in [0.15, 0.2) is 41.7 Å². The molecule has 232 valence electrons. The highest BCUT2D eigenvalue weighted by Gasteiger charge is 2.25. The number of piperidine rings is 1. The Kier molecular flexibility index (Phi) is 13.8. The van der Waals surface area contributed by atoms with E-state index in [1.165, 1.54) is 18.4 Å². The molecule has 1 aliphatic heterocycles. The van der Waals surface area contributed by atoms with Gasteiger partial charge in [-0.15, -0.1) is 0 Å². The number of nitrogens with one attached hydrogen (secondary N) is 2. The van der Waals surface area contributed by atoms with Crippen LogP contribution in [0.5, 0.6) is 5.75 Å². The molecule has 1 aromatic carbocycles.